The number of unbranched alkanes of at least 4 members (excludes halogenated alkanes) is 1. The fourth-order valence-electron chi connectivity index (χ4n) is 5.19. The van der Waals surface area contributed by atoms with Crippen molar-refractivity contribution >= 4 is 28.2 Å². The van der Waals surface area contributed by atoms with Crippen molar-refractivity contribution < 1.29 is 28.2 Å². The second-order valence-corrected chi connectivity index (χ2v) is 25.7. The minimum atomic E-state index is -2.33. The summed E-state index contributed by atoms with van der Waals surface area (Å²) in [6, 6.07) is 14.3. The van der Waals surface area contributed by atoms with Crippen LogP contribution in [0.5, 0.6) is 5.75 Å². The zero-order chi connectivity index (χ0) is 34.5. The first-order chi connectivity index (χ1) is 21.3. The standard InChI is InChI=1S/C37H61ClO6Si2/c1-13-15-22-41-33-31(25-39)42-32(27-18-21-30(38)28(24-27)23-26-16-19-29(20-17-26)40-14-2)34(43-45(9,10)36(3,4)5)35(33)44-46(11,12)37(6,7)8/h16-21,24,31-35,39H,13-15,22-23,25H2,1-12H3/t31-,32+,33-,34+,35+/m1/s1. The minimum Gasteiger partial charge on any atom is -0.494 e. The van der Waals surface area contributed by atoms with Crippen LogP contribution in [0, 0.1) is 0 Å². The SMILES string of the molecule is CCCCO[C@H]1[C@H](O[Si](C)(C)C(C)(C)C)[C@@H](O[Si](C)(C)C(C)(C)C)[C@H](c2ccc(Cl)c(Cc3ccc(OCC)cc3)c2)O[C@@H]1CO. The smallest absolute Gasteiger partial charge is 0.192 e. The first-order valence-electron chi connectivity index (χ1n) is 17.1. The molecule has 1 aliphatic rings. The lowest BCUT2D eigenvalue weighted by molar-refractivity contribution is -0.237. The summed E-state index contributed by atoms with van der Waals surface area (Å²) in [5, 5.41) is 11.4. The summed E-state index contributed by atoms with van der Waals surface area (Å²) in [7, 11) is -4.64. The highest BCUT2D eigenvalue weighted by Gasteiger charge is 2.54. The third-order valence-corrected chi connectivity index (χ3v) is 19.4. The number of rotatable bonds is 14. The average molecular weight is 694 g/mol. The van der Waals surface area contributed by atoms with Gasteiger partial charge in [-0.1, -0.05) is 90.8 Å². The maximum Gasteiger partial charge on any atom is 0.192 e. The number of hydrogen-bond donors (Lipinski definition) is 1. The van der Waals surface area contributed by atoms with E-state index in [2.05, 4.69) is 92.9 Å². The molecule has 1 heterocycles. The van der Waals surface area contributed by atoms with E-state index in [0.29, 0.717) is 24.7 Å². The molecule has 0 spiro atoms. The van der Waals surface area contributed by atoms with Crippen molar-refractivity contribution in [1.29, 1.82) is 0 Å². The molecular weight excluding hydrogens is 632 g/mol. The molecule has 1 aliphatic heterocycles. The maximum atomic E-state index is 10.7. The second kappa shape index (κ2) is 16.0. The number of ether oxygens (including phenoxy) is 3. The largest absolute Gasteiger partial charge is 0.494 e. The summed E-state index contributed by atoms with van der Waals surface area (Å²) in [6.07, 6.45) is 0.216. The van der Waals surface area contributed by atoms with E-state index in [-0.39, 0.29) is 16.7 Å². The summed E-state index contributed by atoms with van der Waals surface area (Å²) in [6.45, 7) is 27.8. The van der Waals surface area contributed by atoms with Gasteiger partial charge in [0.05, 0.1) is 13.2 Å². The maximum absolute atomic E-state index is 10.7. The van der Waals surface area contributed by atoms with Crippen LogP contribution in [-0.2, 0) is 24.7 Å². The molecule has 0 aromatic heterocycles. The Morgan fingerprint density at radius 1 is 0.826 bits per heavy atom. The molecule has 1 N–H and O–H groups in total. The van der Waals surface area contributed by atoms with Crippen LogP contribution in [0.4, 0.5) is 0 Å². The van der Waals surface area contributed by atoms with E-state index in [1.54, 1.807) is 0 Å². The molecule has 0 radical (unpaired) electrons. The van der Waals surface area contributed by atoms with E-state index in [0.717, 1.165) is 35.3 Å². The summed E-state index contributed by atoms with van der Waals surface area (Å²) >= 11 is 6.82. The number of benzene rings is 2. The van der Waals surface area contributed by atoms with Crippen LogP contribution >= 0.6 is 11.6 Å². The van der Waals surface area contributed by atoms with Crippen molar-refractivity contribution in [1.82, 2.24) is 0 Å². The molecule has 46 heavy (non-hydrogen) atoms. The van der Waals surface area contributed by atoms with Gasteiger partial charge in [0, 0.05) is 11.6 Å². The molecule has 3 rings (SSSR count). The van der Waals surface area contributed by atoms with E-state index in [4.69, 9.17) is 34.7 Å². The third kappa shape index (κ3) is 9.68. The van der Waals surface area contributed by atoms with Crippen LogP contribution in [0.1, 0.15) is 91.0 Å². The van der Waals surface area contributed by atoms with Crippen LogP contribution in [-0.4, -0.2) is 66.0 Å². The molecule has 0 amide bonds. The molecule has 0 bridgehead atoms. The van der Waals surface area contributed by atoms with Crippen LogP contribution in [0.15, 0.2) is 42.5 Å². The monoisotopic (exact) mass is 692 g/mol. The summed E-state index contributed by atoms with van der Waals surface area (Å²) in [5.41, 5.74) is 3.10. The predicted molar refractivity (Wildman–Crippen MR) is 195 cm³/mol. The first-order valence-corrected chi connectivity index (χ1v) is 23.3. The van der Waals surface area contributed by atoms with Crippen LogP contribution in [0.25, 0.3) is 0 Å². The third-order valence-electron chi connectivity index (χ3n) is 10.1. The van der Waals surface area contributed by atoms with Crippen molar-refractivity contribution in [3.63, 3.8) is 0 Å². The average Bonchev–Trinajstić information content (AvgIpc) is 2.95. The summed E-state index contributed by atoms with van der Waals surface area (Å²) in [4.78, 5) is 0. The topological polar surface area (TPSA) is 66.4 Å². The molecule has 260 valence electrons. The van der Waals surface area contributed by atoms with E-state index in [1.807, 2.05) is 31.2 Å². The van der Waals surface area contributed by atoms with Gasteiger partial charge in [-0.05, 0) is 90.9 Å². The Morgan fingerprint density at radius 3 is 1.93 bits per heavy atom. The Kier molecular flexibility index (Phi) is 13.6. The van der Waals surface area contributed by atoms with Crippen molar-refractivity contribution in [3.8, 4) is 5.75 Å². The molecule has 0 saturated carbocycles. The van der Waals surface area contributed by atoms with Gasteiger partial charge in [0.15, 0.2) is 16.6 Å². The predicted octanol–water partition coefficient (Wildman–Crippen LogP) is 9.73. The lowest BCUT2D eigenvalue weighted by Gasteiger charge is -2.53. The quantitative estimate of drug-likeness (QED) is 0.157. The fraction of sp³-hybridized carbons (Fsp3) is 0.676. The normalized spacial score (nSPS) is 23.0. The van der Waals surface area contributed by atoms with E-state index in [9.17, 15) is 5.11 Å². The Bertz CT molecular complexity index is 1240. The lowest BCUT2D eigenvalue weighted by Crippen LogP contribution is -2.64. The Hall–Kier alpha value is -1.24. The van der Waals surface area contributed by atoms with E-state index >= 15 is 0 Å². The zero-order valence-corrected chi connectivity index (χ0v) is 33.3. The van der Waals surface area contributed by atoms with Crippen LogP contribution in [0.2, 0.25) is 41.3 Å². The molecule has 5 atom stereocenters. The van der Waals surface area contributed by atoms with Gasteiger partial charge in [-0.25, -0.2) is 0 Å². The van der Waals surface area contributed by atoms with Gasteiger partial charge < -0.3 is 28.2 Å². The molecular formula is C37H61ClO6Si2. The van der Waals surface area contributed by atoms with Gasteiger partial charge in [-0.3, -0.25) is 0 Å². The number of hydrogen-bond acceptors (Lipinski definition) is 6. The van der Waals surface area contributed by atoms with Crippen LogP contribution in [0.3, 0.4) is 0 Å². The minimum absolute atomic E-state index is 0.0316. The van der Waals surface area contributed by atoms with Gasteiger partial charge in [-0.15, -0.1) is 0 Å². The second-order valence-electron chi connectivity index (χ2n) is 15.8. The molecule has 1 saturated heterocycles. The van der Waals surface area contributed by atoms with Gasteiger partial charge in [0.1, 0.15) is 36.3 Å². The molecule has 0 unspecified atom stereocenters. The lowest BCUT2D eigenvalue weighted by atomic mass is 9.90. The fourth-order valence-corrected chi connectivity index (χ4v) is 7.97. The highest BCUT2D eigenvalue weighted by molar-refractivity contribution is 6.74. The van der Waals surface area contributed by atoms with E-state index < -0.39 is 47.2 Å². The molecule has 6 nitrogen and oxygen atoms in total. The van der Waals surface area contributed by atoms with Crippen molar-refractivity contribution in [3.05, 3.63) is 64.2 Å². The van der Waals surface area contributed by atoms with Gasteiger partial charge in [-0.2, -0.15) is 0 Å². The van der Waals surface area contributed by atoms with Gasteiger partial charge in [0.2, 0.25) is 0 Å². The van der Waals surface area contributed by atoms with Crippen molar-refractivity contribution in [2.75, 3.05) is 19.8 Å². The molecule has 2 aromatic rings. The molecule has 2 aromatic carbocycles. The Labute approximate surface area is 286 Å². The number of aliphatic hydroxyl groups excluding tert-OH is 1. The van der Waals surface area contributed by atoms with Crippen molar-refractivity contribution in [2.45, 2.75) is 141 Å². The van der Waals surface area contributed by atoms with Crippen molar-refractivity contribution in [2.24, 2.45) is 0 Å². The zero-order valence-electron chi connectivity index (χ0n) is 30.5. The Morgan fingerprint density at radius 2 is 1.41 bits per heavy atom. The van der Waals surface area contributed by atoms with E-state index in [1.165, 1.54) is 0 Å². The number of halogens is 1. The highest BCUT2D eigenvalue weighted by atomic mass is 35.5. The highest BCUT2D eigenvalue weighted by Crippen LogP contribution is 2.47. The number of aliphatic hydroxyl groups is 1. The first kappa shape index (κ1) is 39.2. The van der Waals surface area contributed by atoms with Gasteiger partial charge in [0.25, 0.3) is 0 Å². The summed E-state index contributed by atoms with van der Waals surface area (Å²) < 4.78 is 33.7. The van der Waals surface area contributed by atoms with Gasteiger partial charge >= 0.3 is 0 Å². The Balaban J connectivity index is 2.14. The summed E-state index contributed by atoms with van der Waals surface area (Å²) in [5.74, 6) is 0.853. The molecule has 1 fully saturated rings. The molecule has 0 aliphatic carbocycles. The molecule has 9 heteroatoms. The van der Waals surface area contributed by atoms with Crippen LogP contribution < -0.4 is 4.74 Å².